The molecule has 1 saturated carbocycles. The summed E-state index contributed by atoms with van der Waals surface area (Å²) in [5, 5.41) is 20.6. The number of hydrogen-bond donors (Lipinski definition) is 2. The lowest BCUT2D eigenvalue weighted by atomic mass is 9.52. The first-order valence-corrected chi connectivity index (χ1v) is 12.6. The van der Waals surface area contributed by atoms with E-state index in [1.165, 1.54) is 25.7 Å². The van der Waals surface area contributed by atoms with Gasteiger partial charge in [0.05, 0.1) is 10.8 Å². The maximum atomic E-state index is 12.6. The van der Waals surface area contributed by atoms with E-state index >= 15 is 0 Å². The Kier molecular flexibility index (Phi) is 12.0. The molecule has 0 heterocycles. The van der Waals surface area contributed by atoms with Crippen molar-refractivity contribution in [1.82, 2.24) is 0 Å². The zero-order valence-electron chi connectivity index (χ0n) is 20.2. The van der Waals surface area contributed by atoms with Crippen LogP contribution in [0.4, 0.5) is 0 Å². The van der Waals surface area contributed by atoms with Crippen molar-refractivity contribution in [2.24, 2.45) is 22.7 Å². The summed E-state index contributed by atoms with van der Waals surface area (Å²) < 4.78 is 0. The van der Waals surface area contributed by atoms with Gasteiger partial charge in [0, 0.05) is 0 Å². The number of rotatable bonds is 16. The molecular formula is C26H48O4. The Morgan fingerprint density at radius 3 is 1.27 bits per heavy atom. The minimum absolute atomic E-state index is 0.518. The molecule has 1 aliphatic rings. The van der Waals surface area contributed by atoms with Gasteiger partial charge in [0.2, 0.25) is 0 Å². The van der Waals surface area contributed by atoms with Crippen LogP contribution in [0.5, 0.6) is 0 Å². The maximum absolute atomic E-state index is 12.6. The molecule has 0 aromatic heterocycles. The lowest BCUT2D eigenvalue weighted by Gasteiger charge is -2.49. The van der Waals surface area contributed by atoms with E-state index in [9.17, 15) is 19.8 Å². The van der Waals surface area contributed by atoms with E-state index in [0.717, 1.165) is 51.4 Å². The Labute approximate surface area is 185 Å². The molecule has 30 heavy (non-hydrogen) atoms. The Morgan fingerprint density at radius 2 is 0.967 bits per heavy atom. The molecule has 2 atom stereocenters. The second-order valence-electron chi connectivity index (χ2n) is 10.7. The van der Waals surface area contributed by atoms with E-state index in [2.05, 4.69) is 27.7 Å². The number of aliphatic carboxylic acids is 2. The van der Waals surface area contributed by atoms with Crippen molar-refractivity contribution in [1.29, 1.82) is 0 Å². The molecule has 0 amide bonds. The molecule has 1 fully saturated rings. The highest BCUT2D eigenvalue weighted by atomic mass is 16.4. The highest BCUT2D eigenvalue weighted by molar-refractivity contribution is 5.87. The van der Waals surface area contributed by atoms with Crippen LogP contribution in [-0.4, -0.2) is 22.2 Å². The van der Waals surface area contributed by atoms with Gasteiger partial charge in [0.25, 0.3) is 0 Å². The summed E-state index contributed by atoms with van der Waals surface area (Å²) in [6.45, 7) is 8.91. The van der Waals surface area contributed by atoms with Crippen molar-refractivity contribution in [2.75, 3.05) is 0 Å². The average Bonchev–Trinajstić information content (AvgIpc) is 2.67. The third-order valence-electron chi connectivity index (χ3n) is 7.46. The molecule has 0 aromatic carbocycles. The lowest BCUT2D eigenvalue weighted by Crippen LogP contribution is -2.54. The van der Waals surface area contributed by atoms with Gasteiger partial charge >= 0.3 is 11.9 Å². The molecule has 1 aliphatic carbocycles. The maximum Gasteiger partial charge on any atom is 0.310 e. The van der Waals surface area contributed by atoms with Crippen LogP contribution in [0.1, 0.15) is 130 Å². The number of carboxylic acids is 2. The molecule has 0 bridgehead atoms. The molecule has 4 nitrogen and oxygen atoms in total. The van der Waals surface area contributed by atoms with Crippen molar-refractivity contribution in [2.45, 2.75) is 130 Å². The van der Waals surface area contributed by atoms with Gasteiger partial charge in [0.15, 0.2) is 0 Å². The predicted octanol–water partition coefficient (Wildman–Crippen LogP) is 7.70. The summed E-state index contributed by atoms with van der Waals surface area (Å²) in [6.07, 6.45) is 14.4. The minimum Gasteiger partial charge on any atom is -0.481 e. The third kappa shape index (κ3) is 7.57. The van der Waals surface area contributed by atoms with Crippen LogP contribution < -0.4 is 0 Å². The highest BCUT2D eigenvalue weighted by Crippen LogP contribution is 2.57. The SMILES string of the molecule is CC(C)CCCCCC[C@]1(C(=O)O)CCCC[C@]1(CCCCCCC(C)C)C(=O)O. The van der Waals surface area contributed by atoms with Crippen molar-refractivity contribution >= 4 is 11.9 Å². The first-order valence-electron chi connectivity index (χ1n) is 12.6. The molecule has 176 valence electrons. The summed E-state index contributed by atoms with van der Waals surface area (Å²) in [5.74, 6) is -0.332. The van der Waals surface area contributed by atoms with Crippen molar-refractivity contribution < 1.29 is 19.8 Å². The second kappa shape index (κ2) is 13.4. The molecule has 0 spiro atoms. The van der Waals surface area contributed by atoms with Crippen LogP contribution >= 0.6 is 0 Å². The summed E-state index contributed by atoms with van der Waals surface area (Å²) >= 11 is 0. The topological polar surface area (TPSA) is 74.6 Å². The zero-order chi connectivity index (χ0) is 22.6. The fourth-order valence-electron chi connectivity index (χ4n) is 5.56. The molecule has 0 radical (unpaired) electrons. The number of hydrogen-bond acceptors (Lipinski definition) is 2. The normalized spacial score (nSPS) is 24.5. The molecule has 0 saturated heterocycles. The molecule has 0 aromatic rings. The van der Waals surface area contributed by atoms with E-state index in [0.29, 0.717) is 37.5 Å². The highest BCUT2D eigenvalue weighted by Gasteiger charge is 2.61. The first-order chi connectivity index (χ1) is 14.2. The van der Waals surface area contributed by atoms with Crippen molar-refractivity contribution in [3.8, 4) is 0 Å². The average molecular weight is 425 g/mol. The first kappa shape index (κ1) is 27.0. The largest absolute Gasteiger partial charge is 0.481 e. The fraction of sp³-hybridized carbons (Fsp3) is 0.923. The number of carbonyl (C=O) groups is 2. The number of unbranched alkanes of at least 4 members (excludes halogenated alkanes) is 6. The molecular weight excluding hydrogens is 376 g/mol. The molecule has 4 heteroatoms. The van der Waals surface area contributed by atoms with Gasteiger partial charge in [-0.1, -0.05) is 105 Å². The van der Waals surface area contributed by atoms with Crippen LogP contribution in [0.15, 0.2) is 0 Å². The van der Waals surface area contributed by atoms with Gasteiger partial charge in [0.1, 0.15) is 0 Å². The standard InChI is InChI=1S/C26H48O4/c1-21(2)15-9-5-7-11-17-25(23(27)28)19-13-14-20-26(25,24(29)30)18-12-8-6-10-16-22(3)4/h21-22H,5-20H2,1-4H3,(H,27,28)(H,29,30)/t25-,26-/m1/s1. The second-order valence-corrected chi connectivity index (χ2v) is 10.7. The zero-order valence-corrected chi connectivity index (χ0v) is 20.2. The molecule has 2 N–H and O–H groups in total. The molecule has 1 rings (SSSR count). The van der Waals surface area contributed by atoms with Gasteiger partial charge in [-0.25, -0.2) is 0 Å². The van der Waals surface area contributed by atoms with Crippen LogP contribution in [-0.2, 0) is 9.59 Å². The summed E-state index contributed by atoms with van der Waals surface area (Å²) in [5.41, 5.74) is -2.18. The Bertz CT molecular complexity index is 467. The predicted molar refractivity (Wildman–Crippen MR) is 124 cm³/mol. The van der Waals surface area contributed by atoms with Gasteiger partial charge in [-0.15, -0.1) is 0 Å². The van der Waals surface area contributed by atoms with E-state index in [-0.39, 0.29) is 0 Å². The van der Waals surface area contributed by atoms with Crippen LogP contribution in [0, 0.1) is 22.7 Å². The van der Waals surface area contributed by atoms with E-state index in [4.69, 9.17) is 0 Å². The van der Waals surface area contributed by atoms with Crippen LogP contribution in [0.25, 0.3) is 0 Å². The quantitative estimate of drug-likeness (QED) is 0.249. The minimum atomic E-state index is -1.09. The Hall–Kier alpha value is -1.06. The summed E-state index contributed by atoms with van der Waals surface area (Å²) in [6, 6.07) is 0. The fourth-order valence-corrected chi connectivity index (χ4v) is 5.56. The summed E-state index contributed by atoms with van der Waals surface area (Å²) in [4.78, 5) is 25.1. The van der Waals surface area contributed by atoms with Gasteiger partial charge in [-0.05, 0) is 37.5 Å². The molecule has 0 unspecified atom stereocenters. The smallest absolute Gasteiger partial charge is 0.310 e. The summed E-state index contributed by atoms with van der Waals surface area (Å²) in [7, 11) is 0. The Morgan fingerprint density at radius 1 is 0.633 bits per heavy atom. The molecule has 0 aliphatic heterocycles. The Balaban J connectivity index is 2.77. The van der Waals surface area contributed by atoms with Crippen molar-refractivity contribution in [3.63, 3.8) is 0 Å². The van der Waals surface area contributed by atoms with Gasteiger partial charge < -0.3 is 10.2 Å². The number of carboxylic acid groups (broad SMARTS) is 2. The van der Waals surface area contributed by atoms with Gasteiger partial charge in [-0.2, -0.15) is 0 Å². The monoisotopic (exact) mass is 424 g/mol. The van der Waals surface area contributed by atoms with E-state index < -0.39 is 22.8 Å². The third-order valence-corrected chi connectivity index (χ3v) is 7.46. The van der Waals surface area contributed by atoms with E-state index in [1.54, 1.807) is 0 Å². The lowest BCUT2D eigenvalue weighted by molar-refractivity contribution is -0.182. The van der Waals surface area contributed by atoms with Crippen LogP contribution in [0.2, 0.25) is 0 Å². The van der Waals surface area contributed by atoms with Gasteiger partial charge in [-0.3, -0.25) is 9.59 Å². The van der Waals surface area contributed by atoms with E-state index in [1.807, 2.05) is 0 Å². The van der Waals surface area contributed by atoms with Crippen molar-refractivity contribution in [3.05, 3.63) is 0 Å². The van der Waals surface area contributed by atoms with Crippen LogP contribution in [0.3, 0.4) is 0 Å².